The molecule has 0 bridgehead atoms. The molecule has 0 heterocycles. The molecule has 0 aliphatic carbocycles. The number of aliphatic hydroxyl groups is 2. The van der Waals surface area contributed by atoms with E-state index < -0.39 is 12.1 Å². The first-order valence-corrected chi connectivity index (χ1v) is 25.9. The number of carbonyl (C=O) groups is 2. The first kappa shape index (κ1) is 57.8. The highest BCUT2D eigenvalue weighted by Crippen LogP contribution is 2.14. The number of esters is 1. The van der Waals surface area contributed by atoms with Crippen LogP contribution in [0.4, 0.5) is 0 Å². The van der Waals surface area contributed by atoms with Crippen molar-refractivity contribution in [3.05, 3.63) is 48.6 Å². The van der Waals surface area contributed by atoms with Gasteiger partial charge in [0, 0.05) is 12.8 Å². The summed E-state index contributed by atoms with van der Waals surface area (Å²) in [5, 5.41) is 22.9. The molecule has 2 unspecified atom stereocenters. The van der Waals surface area contributed by atoms with E-state index in [9.17, 15) is 19.8 Å². The van der Waals surface area contributed by atoms with Gasteiger partial charge in [-0.2, -0.15) is 0 Å². The topological polar surface area (TPSA) is 95.9 Å². The third-order valence-electron chi connectivity index (χ3n) is 11.6. The number of unbranched alkanes of at least 4 members (excludes halogenated alkanes) is 30. The summed E-state index contributed by atoms with van der Waals surface area (Å²) in [6, 6.07) is -0.639. The Morgan fingerprint density at radius 1 is 0.467 bits per heavy atom. The first-order valence-electron chi connectivity index (χ1n) is 25.9. The van der Waals surface area contributed by atoms with Crippen LogP contribution in [0.15, 0.2) is 48.6 Å². The van der Waals surface area contributed by atoms with Crippen LogP contribution in [0.1, 0.15) is 258 Å². The Morgan fingerprint density at radius 2 is 0.833 bits per heavy atom. The number of allylic oxidation sites excluding steroid dienone is 7. The van der Waals surface area contributed by atoms with Gasteiger partial charge in [0.25, 0.3) is 0 Å². The van der Waals surface area contributed by atoms with E-state index >= 15 is 0 Å². The number of carbonyl (C=O) groups excluding carboxylic acids is 2. The fourth-order valence-electron chi connectivity index (χ4n) is 7.54. The van der Waals surface area contributed by atoms with Gasteiger partial charge in [0.15, 0.2) is 0 Å². The van der Waals surface area contributed by atoms with Crippen LogP contribution in [0.2, 0.25) is 0 Å². The average molecular weight is 842 g/mol. The maximum Gasteiger partial charge on any atom is 0.305 e. The van der Waals surface area contributed by atoms with E-state index in [2.05, 4.69) is 55.6 Å². The third-order valence-corrected chi connectivity index (χ3v) is 11.6. The molecule has 0 aromatic heterocycles. The van der Waals surface area contributed by atoms with Crippen molar-refractivity contribution in [1.29, 1.82) is 0 Å². The summed E-state index contributed by atoms with van der Waals surface area (Å²) in [6.45, 7) is 4.82. The highest BCUT2D eigenvalue weighted by molar-refractivity contribution is 5.76. The Bertz CT molecular complexity index is 1020. The molecule has 6 heteroatoms. The van der Waals surface area contributed by atoms with Crippen molar-refractivity contribution in [3.8, 4) is 0 Å². The van der Waals surface area contributed by atoms with Gasteiger partial charge in [-0.15, -0.1) is 0 Å². The molecule has 0 fully saturated rings. The molecule has 60 heavy (non-hydrogen) atoms. The maximum atomic E-state index is 12.4. The lowest BCUT2D eigenvalue weighted by Gasteiger charge is -2.20. The lowest BCUT2D eigenvalue weighted by Crippen LogP contribution is -2.45. The van der Waals surface area contributed by atoms with E-state index in [1.807, 2.05) is 6.08 Å². The summed E-state index contributed by atoms with van der Waals surface area (Å²) in [5.41, 5.74) is 0. The van der Waals surface area contributed by atoms with Crippen molar-refractivity contribution < 1.29 is 24.5 Å². The molecule has 0 aliphatic heterocycles. The number of aliphatic hydroxyl groups excluding tert-OH is 2. The SMILES string of the molecule is CCCCCCCCC/C=C\CCCCCCCC(=O)OCCCCC/C=C\C/C=C\CCCCCCCCCC(=O)NC(CO)C(O)/C=C/CCCCCCCCCC. The van der Waals surface area contributed by atoms with E-state index in [0.717, 1.165) is 83.5 Å². The molecule has 0 saturated carbocycles. The largest absolute Gasteiger partial charge is 0.466 e. The standard InChI is InChI=1S/C54H99NO5/c1-3-5-7-9-11-13-15-16-17-22-25-28-32-36-40-44-48-54(59)60-49-45-41-37-33-29-26-23-20-18-19-21-24-27-31-35-39-43-47-53(58)55-51(50-56)52(57)46-42-38-34-30-14-12-10-8-6-4-2/h17-18,20,22,26,29,42,46,51-52,56-57H,3-16,19,21,23-25,27-28,30-41,43-45,47-50H2,1-2H3,(H,55,58)/b20-18-,22-17-,29-26-,46-42+. The van der Waals surface area contributed by atoms with E-state index in [4.69, 9.17) is 4.74 Å². The Balaban J connectivity index is 3.52. The van der Waals surface area contributed by atoms with Crippen LogP contribution in [-0.4, -0.2) is 47.4 Å². The van der Waals surface area contributed by atoms with E-state index in [1.54, 1.807) is 6.08 Å². The fraction of sp³-hybridized carbons (Fsp3) is 0.815. The zero-order valence-corrected chi connectivity index (χ0v) is 39.7. The minimum atomic E-state index is -0.854. The van der Waals surface area contributed by atoms with E-state index in [1.165, 1.54) is 148 Å². The normalized spacial score (nSPS) is 13.1. The molecule has 0 aromatic carbocycles. The van der Waals surface area contributed by atoms with Crippen LogP contribution in [-0.2, 0) is 14.3 Å². The monoisotopic (exact) mass is 842 g/mol. The van der Waals surface area contributed by atoms with Crippen LogP contribution >= 0.6 is 0 Å². The number of rotatable bonds is 47. The van der Waals surface area contributed by atoms with Crippen LogP contribution in [0.25, 0.3) is 0 Å². The summed E-state index contributed by atoms with van der Waals surface area (Å²) in [5.74, 6) is -0.113. The molecular formula is C54H99NO5. The predicted molar refractivity (Wildman–Crippen MR) is 259 cm³/mol. The molecular weight excluding hydrogens is 743 g/mol. The zero-order chi connectivity index (χ0) is 43.7. The number of hydrogen-bond donors (Lipinski definition) is 3. The molecule has 0 saturated heterocycles. The Hall–Kier alpha value is -2.18. The summed E-state index contributed by atoms with van der Waals surface area (Å²) in [4.78, 5) is 24.4. The number of nitrogens with one attached hydrogen (secondary N) is 1. The number of amides is 1. The second-order valence-corrected chi connectivity index (χ2v) is 17.5. The molecule has 0 radical (unpaired) electrons. The second-order valence-electron chi connectivity index (χ2n) is 17.5. The smallest absolute Gasteiger partial charge is 0.305 e. The molecule has 0 aliphatic rings. The van der Waals surface area contributed by atoms with Crippen LogP contribution in [0.3, 0.4) is 0 Å². The fourth-order valence-corrected chi connectivity index (χ4v) is 7.54. The Morgan fingerprint density at radius 3 is 1.28 bits per heavy atom. The molecule has 0 spiro atoms. The Labute approximate surface area is 372 Å². The van der Waals surface area contributed by atoms with Crippen LogP contribution < -0.4 is 5.32 Å². The van der Waals surface area contributed by atoms with Crippen LogP contribution in [0, 0.1) is 0 Å². The van der Waals surface area contributed by atoms with Crippen molar-refractivity contribution in [2.45, 2.75) is 270 Å². The summed E-state index contributed by atoms with van der Waals surface area (Å²) in [6.07, 6.45) is 61.2. The molecule has 6 nitrogen and oxygen atoms in total. The highest BCUT2D eigenvalue weighted by atomic mass is 16.5. The highest BCUT2D eigenvalue weighted by Gasteiger charge is 2.18. The second kappa shape index (κ2) is 49.5. The van der Waals surface area contributed by atoms with Gasteiger partial charge in [-0.05, 0) is 96.3 Å². The summed E-state index contributed by atoms with van der Waals surface area (Å²) in [7, 11) is 0. The van der Waals surface area contributed by atoms with E-state index in [0.29, 0.717) is 19.4 Å². The molecule has 2 atom stereocenters. The van der Waals surface area contributed by atoms with Crippen molar-refractivity contribution in [1.82, 2.24) is 5.32 Å². The molecule has 0 aromatic rings. The predicted octanol–water partition coefficient (Wildman–Crippen LogP) is 15.5. The summed E-state index contributed by atoms with van der Waals surface area (Å²) >= 11 is 0. The van der Waals surface area contributed by atoms with Gasteiger partial charge in [-0.3, -0.25) is 9.59 Å². The first-order chi connectivity index (χ1) is 29.5. The van der Waals surface area contributed by atoms with Gasteiger partial charge in [0.1, 0.15) is 0 Å². The van der Waals surface area contributed by atoms with Crippen molar-refractivity contribution in [2.75, 3.05) is 13.2 Å². The maximum absolute atomic E-state index is 12.4. The van der Waals surface area contributed by atoms with Gasteiger partial charge in [0.05, 0.1) is 25.4 Å². The lowest BCUT2D eigenvalue weighted by atomic mass is 10.1. The van der Waals surface area contributed by atoms with Crippen LogP contribution in [0.5, 0.6) is 0 Å². The van der Waals surface area contributed by atoms with Gasteiger partial charge in [0.2, 0.25) is 5.91 Å². The number of ether oxygens (including phenoxy) is 1. The average Bonchev–Trinajstić information content (AvgIpc) is 3.25. The minimum Gasteiger partial charge on any atom is -0.466 e. The van der Waals surface area contributed by atoms with Crippen molar-refractivity contribution in [3.63, 3.8) is 0 Å². The summed E-state index contributed by atoms with van der Waals surface area (Å²) < 4.78 is 5.44. The van der Waals surface area contributed by atoms with Gasteiger partial charge < -0.3 is 20.3 Å². The molecule has 0 rings (SSSR count). The molecule has 350 valence electrons. The third kappa shape index (κ3) is 45.3. The molecule has 1 amide bonds. The van der Waals surface area contributed by atoms with Gasteiger partial charge in [-0.1, -0.05) is 197 Å². The lowest BCUT2D eigenvalue weighted by molar-refractivity contribution is -0.143. The number of hydrogen-bond acceptors (Lipinski definition) is 5. The van der Waals surface area contributed by atoms with Gasteiger partial charge >= 0.3 is 5.97 Å². The van der Waals surface area contributed by atoms with Crippen molar-refractivity contribution >= 4 is 11.9 Å². The minimum absolute atomic E-state index is 0.0249. The van der Waals surface area contributed by atoms with Crippen molar-refractivity contribution in [2.24, 2.45) is 0 Å². The van der Waals surface area contributed by atoms with Gasteiger partial charge in [-0.25, -0.2) is 0 Å². The Kier molecular flexibility index (Phi) is 47.7. The zero-order valence-electron chi connectivity index (χ0n) is 39.7. The molecule has 3 N–H and O–H groups in total. The van der Waals surface area contributed by atoms with E-state index in [-0.39, 0.29) is 18.5 Å². The quantitative estimate of drug-likeness (QED) is 0.0322.